The summed E-state index contributed by atoms with van der Waals surface area (Å²) >= 11 is 0. The van der Waals surface area contributed by atoms with Gasteiger partial charge in [0.2, 0.25) is 0 Å². The molecule has 1 radical (unpaired) electrons. The molecule has 13 heavy (non-hydrogen) atoms. The van der Waals surface area contributed by atoms with Crippen LogP contribution in [0.5, 0.6) is 0 Å². The molecule has 0 aromatic rings. The van der Waals surface area contributed by atoms with E-state index in [1.54, 1.807) is 0 Å². The lowest BCUT2D eigenvalue weighted by molar-refractivity contribution is 0.185. The fourth-order valence-corrected chi connectivity index (χ4v) is 3.20. The van der Waals surface area contributed by atoms with Gasteiger partial charge in [-0.1, -0.05) is 32.1 Å². The molecule has 2 rings (SSSR count). The summed E-state index contributed by atoms with van der Waals surface area (Å²) in [6, 6.07) is 0.278. The highest BCUT2D eigenvalue weighted by molar-refractivity contribution is 4.80. The van der Waals surface area contributed by atoms with Crippen LogP contribution >= 0.6 is 0 Å². The summed E-state index contributed by atoms with van der Waals surface area (Å²) in [4.78, 5) is 0. The van der Waals surface area contributed by atoms with Crippen molar-refractivity contribution < 1.29 is 0 Å². The molecule has 2 aliphatic carbocycles. The first-order valence-corrected chi connectivity index (χ1v) is 6.07. The summed E-state index contributed by atoms with van der Waals surface area (Å²) in [6.07, 6.45) is 12.5. The molecule has 2 fully saturated rings. The lowest BCUT2D eigenvalue weighted by Gasteiger charge is -2.34. The van der Waals surface area contributed by atoms with E-state index in [1.807, 2.05) is 0 Å². The minimum absolute atomic E-state index is 0.278. The summed E-state index contributed by atoms with van der Waals surface area (Å²) in [7, 11) is 0. The maximum Gasteiger partial charge on any atom is 0.0213 e. The summed E-state index contributed by atoms with van der Waals surface area (Å²) < 4.78 is 0. The average Bonchev–Trinajstić information content (AvgIpc) is 2.20. The van der Waals surface area contributed by atoms with Gasteiger partial charge in [-0.2, -0.15) is 0 Å². The van der Waals surface area contributed by atoms with Crippen LogP contribution in [0, 0.1) is 11.8 Å². The normalized spacial score (nSPS) is 37.6. The topological polar surface area (TPSA) is 23.8 Å². The Balaban J connectivity index is 1.79. The van der Waals surface area contributed by atoms with Crippen LogP contribution in [-0.2, 0) is 0 Å². The van der Waals surface area contributed by atoms with Crippen LogP contribution in [0.15, 0.2) is 0 Å². The van der Waals surface area contributed by atoms with E-state index in [9.17, 15) is 0 Å². The molecule has 1 N–H and O–H groups in total. The minimum atomic E-state index is 0.278. The fraction of sp³-hybridized carbons (Fsp3) is 1.00. The summed E-state index contributed by atoms with van der Waals surface area (Å²) in [6.45, 7) is 0. The maximum absolute atomic E-state index is 7.68. The van der Waals surface area contributed by atoms with Crippen molar-refractivity contribution in [2.45, 2.75) is 63.8 Å². The van der Waals surface area contributed by atoms with Gasteiger partial charge in [0.1, 0.15) is 0 Å². The van der Waals surface area contributed by atoms with Crippen LogP contribution in [0.25, 0.3) is 0 Å². The first-order valence-electron chi connectivity index (χ1n) is 6.07. The van der Waals surface area contributed by atoms with Gasteiger partial charge in [0.05, 0.1) is 0 Å². The van der Waals surface area contributed by atoms with Crippen LogP contribution < -0.4 is 5.73 Å². The maximum atomic E-state index is 7.68. The van der Waals surface area contributed by atoms with Crippen molar-refractivity contribution in [3.63, 3.8) is 0 Å². The zero-order valence-electron chi connectivity index (χ0n) is 8.60. The Morgan fingerprint density at radius 3 is 1.77 bits per heavy atom. The van der Waals surface area contributed by atoms with Crippen molar-refractivity contribution in [2.24, 2.45) is 11.8 Å². The van der Waals surface area contributed by atoms with Crippen LogP contribution in [0.4, 0.5) is 0 Å². The first kappa shape index (κ1) is 9.51. The predicted molar refractivity (Wildman–Crippen MR) is 55.4 cm³/mol. The van der Waals surface area contributed by atoms with Gasteiger partial charge in [0.25, 0.3) is 0 Å². The number of nitrogens with one attached hydrogen (secondary N) is 1. The molecule has 75 valence electrons. The molecule has 1 heteroatoms. The third-order valence-electron chi connectivity index (χ3n) is 4.09. The number of hydrogen-bond acceptors (Lipinski definition) is 0. The second-order valence-electron chi connectivity index (χ2n) is 5.01. The van der Waals surface area contributed by atoms with Gasteiger partial charge in [0.15, 0.2) is 0 Å². The van der Waals surface area contributed by atoms with E-state index >= 15 is 0 Å². The lowest BCUT2D eigenvalue weighted by atomic mass is 9.72. The molecule has 0 heterocycles. The Bertz CT molecular complexity index is 141. The predicted octanol–water partition coefficient (Wildman–Crippen LogP) is 3.41. The highest BCUT2D eigenvalue weighted by Crippen LogP contribution is 2.37. The zero-order chi connectivity index (χ0) is 9.10. The summed E-state index contributed by atoms with van der Waals surface area (Å²) in [5.41, 5.74) is 7.68. The second-order valence-corrected chi connectivity index (χ2v) is 5.01. The molecule has 2 saturated carbocycles. The van der Waals surface area contributed by atoms with Crippen LogP contribution in [0.1, 0.15) is 57.8 Å². The molecule has 0 aromatic heterocycles. The Morgan fingerprint density at radius 2 is 1.15 bits per heavy atom. The zero-order valence-corrected chi connectivity index (χ0v) is 8.60. The minimum Gasteiger partial charge on any atom is -0.255 e. The molecule has 0 atom stereocenters. The lowest BCUT2D eigenvalue weighted by Crippen LogP contribution is -2.26. The fourth-order valence-electron chi connectivity index (χ4n) is 3.20. The summed E-state index contributed by atoms with van der Waals surface area (Å²) in [5, 5.41) is 0. The Kier molecular flexibility index (Phi) is 3.26. The molecule has 1 nitrogen and oxygen atoms in total. The Labute approximate surface area is 82.1 Å². The third kappa shape index (κ3) is 2.46. The van der Waals surface area contributed by atoms with Crippen LogP contribution in [0.3, 0.4) is 0 Å². The van der Waals surface area contributed by atoms with Crippen molar-refractivity contribution in [1.29, 1.82) is 0 Å². The van der Waals surface area contributed by atoms with Gasteiger partial charge >= 0.3 is 0 Å². The second kappa shape index (κ2) is 4.45. The molecule has 0 spiro atoms. The third-order valence-corrected chi connectivity index (χ3v) is 4.09. The molecular formula is C12H22N. The first-order chi connectivity index (χ1) is 6.36. The van der Waals surface area contributed by atoms with Gasteiger partial charge in [-0.25, -0.2) is 0 Å². The van der Waals surface area contributed by atoms with E-state index in [2.05, 4.69) is 0 Å². The van der Waals surface area contributed by atoms with Gasteiger partial charge < -0.3 is 0 Å². The molecular weight excluding hydrogens is 158 g/mol. The van der Waals surface area contributed by atoms with E-state index in [4.69, 9.17) is 5.73 Å². The quantitative estimate of drug-likeness (QED) is 0.590. The van der Waals surface area contributed by atoms with Crippen molar-refractivity contribution in [3.8, 4) is 0 Å². The molecule has 2 aliphatic rings. The van der Waals surface area contributed by atoms with Crippen molar-refractivity contribution in [2.75, 3.05) is 0 Å². The molecule has 0 unspecified atom stereocenters. The van der Waals surface area contributed by atoms with E-state index in [0.717, 1.165) is 11.8 Å². The van der Waals surface area contributed by atoms with Crippen molar-refractivity contribution in [1.82, 2.24) is 5.73 Å². The summed E-state index contributed by atoms with van der Waals surface area (Å²) in [5.74, 6) is 2.04. The van der Waals surface area contributed by atoms with Crippen LogP contribution in [0.2, 0.25) is 0 Å². The van der Waals surface area contributed by atoms with E-state index < -0.39 is 0 Å². The Hall–Kier alpha value is -0.0400. The van der Waals surface area contributed by atoms with Crippen LogP contribution in [-0.4, -0.2) is 6.04 Å². The molecule has 0 bridgehead atoms. The molecule has 0 aromatic carbocycles. The highest BCUT2D eigenvalue weighted by atomic mass is 14.6. The van der Waals surface area contributed by atoms with E-state index in [1.165, 1.54) is 57.8 Å². The SMILES string of the molecule is [NH]C1CCC(C2CCCCC2)CC1. The standard InChI is InChI=1S/C12H22N/c13-12-8-6-11(7-9-12)10-4-2-1-3-5-10/h10-13H,1-9H2. The smallest absolute Gasteiger partial charge is 0.0213 e. The largest absolute Gasteiger partial charge is 0.255 e. The van der Waals surface area contributed by atoms with E-state index in [0.29, 0.717) is 0 Å². The van der Waals surface area contributed by atoms with E-state index in [-0.39, 0.29) is 6.04 Å². The van der Waals surface area contributed by atoms with Gasteiger partial charge in [-0.15, -0.1) is 0 Å². The van der Waals surface area contributed by atoms with Crippen molar-refractivity contribution in [3.05, 3.63) is 0 Å². The molecule has 0 saturated heterocycles. The average molecular weight is 180 g/mol. The van der Waals surface area contributed by atoms with Gasteiger partial charge in [-0.3, -0.25) is 5.73 Å². The molecule has 0 amide bonds. The van der Waals surface area contributed by atoms with Gasteiger partial charge in [0, 0.05) is 6.04 Å². The van der Waals surface area contributed by atoms with Crippen molar-refractivity contribution >= 4 is 0 Å². The molecule has 0 aliphatic heterocycles. The van der Waals surface area contributed by atoms with Gasteiger partial charge in [-0.05, 0) is 37.5 Å². The Morgan fingerprint density at radius 1 is 0.615 bits per heavy atom. The highest BCUT2D eigenvalue weighted by Gasteiger charge is 2.27. The number of hydrogen-bond donors (Lipinski definition) is 0. The monoisotopic (exact) mass is 180 g/mol. The number of rotatable bonds is 1.